The molecule has 4 nitrogen and oxygen atoms in total. The summed E-state index contributed by atoms with van der Waals surface area (Å²) < 4.78 is 9.84. The first-order valence-corrected chi connectivity index (χ1v) is 5.13. The van der Waals surface area contributed by atoms with Gasteiger partial charge in [-0.2, -0.15) is 0 Å². The first kappa shape index (κ1) is 12.8. The molecule has 88 valence electrons. The molecule has 0 aliphatic rings. The highest BCUT2D eigenvalue weighted by atomic mass is 35.5. The van der Waals surface area contributed by atoms with Crippen LogP contribution in [0.1, 0.15) is 11.5 Å². The van der Waals surface area contributed by atoms with Crippen LogP contribution >= 0.6 is 11.6 Å². The quantitative estimate of drug-likeness (QED) is 0.816. The molecule has 0 aliphatic carbocycles. The molecule has 0 aromatic heterocycles. The van der Waals surface area contributed by atoms with Gasteiger partial charge in [0.15, 0.2) is 0 Å². The smallest absolute Gasteiger partial charge is 0.314 e. The fraction of sp³-hybridized carbons (Fsp3) is 0.364. The van der Waals surface area contributed by atoms with Gasteiger partial charge in [-0.05, 0) is 6.07 Å². The molecule has 2 N–H and O–H groups in total. The molecule has 1 atom stereocenters. The van der Waals surface area contributed by atoms with E-state index in [9.17, 15) is 4.79 Å². The largest absolute Gasteiger partial charge is 0.495 e. The molecule has 0 bridgehead atoms. The Morgan fingerprint density at radius 1 is 1.50 bits per heavy atom. The first-order valence-electron chi connectivity index (χ1n) is 4.76. The molecule has 1 aromatic carbocycles. The van der Waals surface area contributed by atoms with Gasteiger partial charge < -0.3 is 15.2 Å². The molecule has 0 amide bonds. The summed E-state index contributed by atoms with van der Waals surface area (Å²) in [6, 6.07) is 5.18. The number of carbonyl (C=O) groups excluding carboxylic acids is 1. The SMILES string of the molecule is COC(=O)C(CN)c1cccc(Cl)c1OC. The van der Waals surface area contributed by atoms with Crippen LogP contribution in [0.5, 0.6) is 5.75 Å². The van der Waals surface area contributed by atoms with Crippen LogP contribution < -0.4 is 10.5 Å². The van der Waals surface area contributed by atoms with Crippen molar-refractivity contribution >= 4 is 17.6 Å². The standard InChI is InChI=1S/C11H14ClNO3/c1-15-10-7(4-3-5-9(10)12)8(6-13)11(14)16-2/h3-5,8H,6,13H2,1-2H3. The number of rotatable bonds is 4. The van der Waals surface area contributed by atoms with Crippen molar-refractivity contribution in [1.29, 1.82) is 0 Å². The van der Waals surface area contributed by atoms with Gasteiger partial charge in [-0.3, -0.25) is 4.79 Å². The predicted molar refractivity (Wildman–Crippen MR) is 61.8 cm³/mol. The second-order valence-corrected chi connectivity index (χ2v) is 3.58. The number of halogens is 1. The van der Waals surface area contributed by atoms with E-state index in [2.05, 4.69) is 4.74 Å². The Morgan fingerprint density at radius 3 is 2.69 bits per heavy atom. The van der Waals surface area contributed by atoms with Gasteiger partial charge in [-0.15, -0.1) is 0 Å². The molecule has 0 heterocycles. The molecule has 1 rings (SSSR count). The summed E-state index contributed by atoms with van der Waals surface area (Å²) in [6.45, 7) is 0.142. The highest BCUT2D eigenvalue weighted by molar-refractivity contribution is 6.32. The zero-order valence-corrected chi connectivity index (χ0v) is 9.95. The van der Waals surface area contributed by atoms with Crippen LogP contribution in [0, 0.1) is 0 Å². The number of hydrogen-bond acceptors (Lipinski definition) is 4. The molecular weight excluding hydrogens is 230 g/mol. The minimum Gasteiger partial charge on any atom is -0.495 e. The fourth-order valence-corrected chi connectivity index (χ4v) is 1.77. The van der Waals surface area contributed by atoms with Crippen molar-refractivity contribution in [2.45, 2.75) is 5.92 Å². The summed E-state index contributed by atoms with van der Waals surface area (Å²) in [5.41, 5.74) is 6.20. The summed E-state index contributed by atoms with van der Waals surface area (Å²) in [4.78, 5) is 11.5. The minimum atomic E-state index is -0.557. The van der Waals surface area contributed by atoms with Crippen LogP contribution in [0.4, 0.5) is 0 Å². The van der Waals surface area contributed by atoms with Crippen molar-refractivity contribution in [3.63, 3.8) is 0 Å². The van der Waals surface area contributed by atoms with E-state index >= 15 is 0 Å². The number of para-hydroxylation sites is 1. The maximum Gasteiger partial charge on any atom is 0.314 e. The summed E-state index contributed by atoms with van der Waals surface area (Å²) in [7, 11) is 2.82. The molecule has 1 aromatic rings. The van der Waals surface area contributed by atoms with E-state index in [4.69, 9.17) is 22.1 Å². The van der Waals surface area contributed by atoms with Gasteiger partial charge in [0.05, 0.1) is 25.2 Å². The van der Waals surface area contributed by atoms with Gasteiger partial charge >= 0.3 is 5.97 Å². The van der Waals surface area contributed by atoms with E-state index in [0.717, 1.165) is 0 Å². The third-order valence-electron chi connectivity index (χ3n) is 2.30. The molecule has 0 fully saturated rings. The maximum atomic E-state index is 11.5. The summed E-state index contributed by atoms with van der Waals surface area (Å²) in [5.74, 6) is -0.494. The lowest BCUT2D eigenvalue weighted by Gasteiger charge is -2.16. The monoisotopic (exact) mass is 243 g/mol. The van der Waals surface area contributed by atoms with Crippen molar-refractivity contribution in [3.8, 4) is 5.75 Å². The van der Waals surface area contributed by atoms with Crippen LogP contribution in [0.25, 0.3) is 0 Å². The first-order chi connectivity index (χ1) is 7.65. The van der Waals surface area contributed by atoms with Crippen LogP contribution in [0.3, 0.4) is 0 Å². The molecule has 16 heavy (non-hydrogen) atoms. The fourth-order valence-electron chi connectivity index (χ4n) is 1.51. The molecule has 0 aliphatic heterocycles. The van der Waals surface area contributed by atoms with Crippen LogP contribution in [-0.2, 0) is 9.53 Å². The molecule has 0 saturated carbocycles. The van der Waals surface area contributed by atoms with E-state index in [0.29, 0.717) is 16.3 Å². The van der Waals surface area contributed by atoms with Crippen molar-refractivity contribution in [2.24, 2.45) is 5.73 Å². The summed E-state index contributed by atoms with van der Waals surface area (Å²) in [5, 5.41) is 0.447. The summed E-state index contributed by atoms with van der Waals surface area (Å²) >= 11 is 5.96. The van der Waals surface area contributed by atoms with E-state index in [1.807, 2.05) is 0 Å². The number of ether oxygens (including phenoxy) is 2. The van der Waals surface area contributed by atoms with E-state index in [1.54, 1.807) is 18.2 Å². The van der Waals surface area contributed by atoms with Gasteiger partial charge in [0.25, 0.3) is 0 Å². The van der Waals surface area contributed by atoms with E-state index in [-0.39, 0.29) is 6.54 Å². The van der Waals surface area contributed by atoms with Gasteiger partial charge in [0, 0.05) is 12.1 Å². The van der Waals surface area contributed by atoms with Gasteiger partial charge in [0.1, 0.15) is 5.75 Å². The Hall–Kier alpha value is -1.26. The number of hydrogen-bond donors (Lipinski definition) is 1. The van der Waals surface area contributed by atoms with Crippen molar-refractivity contribution < 1.29 is 14.3 Å². The zero-order valence-electron chi connectivity index (χ0n) is 9.20. The molecule has 0 saturated heterocycles. The molecule has 0 spiro atoms. The van der Waals surface area contributed by atoms with Gasteiger partial charge in [-0.1, -0.05) is 23.7 Å². The second kappa shape index (κ2) is 5.72. The van der Waals surface area contributed by atoms with E-state index < -0.39 is 11.9 Å². The maximum absolute atomic E-state index is 11.5. The Morgan fingerprint density at radius 2 is 2.19 bits per heavy atom. The van der Waals surface area contributed by atoms with Crippen LogP contribution in [0.15, 0.2) is 18.2 Å². The Balaban J connectivity index is 3.19. The number of nitrogens with two attached hydrogens (primary N) is 1. The zero-order chi connectivity index (χ0) is 12.1. The lowest BCUT2D eigenvalue weighted by atomic mass is 9.98. The Labute approximate surface area is 99.3 Å². The van der Waals surface area contributed by atoms with Crippen LogP contribution in [-0.4, -0.2) is 26.7 Å². The lowest BCUT2D eigenvalue weighted by molar-refractivity contribution is -0.142. The topological polar surface area (TPSA) is 61.5 Å². The molecule has 0 radical (unpaired) electrons. The highest BCUT2D eigenvalue weighted by Gasteiger charge is 2.24. The number of benzene rings is 1. The van der Waals surface area contributed by atoms with Gasteiger partial charge in [-0.25, -0.2) is 0 Å². The second-order valence-electron chi connectivity index (χ2n) is 3.17. The summed E-state index contributed by atoms with van der Waals surface area (Å²) in [6.07, 6.45) is 0. The van der Waals surface area contributed by atoms with E-state index in [1.165, 1.54) is 14.2 Å². The van der Waals surface area contributed by atoms with Gasteiger partial charge in [0.2, 0.25) is 0 Å². The molecular formula is C11H14ClNO3. The number of esters is 1. The molecule has 5 heteroatoms. The van der Waals surface area contributed by atoms with Crippen molar-refractivity contribution in [3.05, 3.63) is 28.8 Å². The lowest BCUT2D eigenvalue weighted by Crippen LogP contribution is -2.23. The Kier molecular flexibility index (Phi) is 4.58. The number of methoxy groups -OCH3 is 2. The highest BCUT2D eigenvalue weighted by Crippen LogP contribution is 2.33. The predicted octanol–water partition coefficient (Wildman–Crippen LogP) is 1.56. The normalized spacial score (nSPS) is 12.0. The Bertz CT molecular complexity index is 381. The van der Waals surface area contributed by atoms with Crippen LogP contribution in [0.2, 0.25) is 5.02 Å². The average molecular weight is 244 g/mol. The van der Waals surface area contributed by atoms with Crippen molar-refractivity contribution in [2.75, 3.05) is 20.8 Å². The third-order valence-corrected chi connectivity index (χ3v) is 2.60. The third kappa shape index (κ3) is 2.46. The molecule has 1 unspecified atom stereocenters. The minimum absolute atomic E-state index is 0.142. The van der Waals surface area contributed by atoms with Crippen molar-refractivity contribution in [1.82, 2.24) is 0 Å². The number of carbonyl (C=O) groups is 1. The average Bonchev–Trinajstić information content (AvgIpc) is 2.30.